The fourth-order valence-electron chi connectivity index (χ4n) is 2.09. The summed E-state index contributed by atoms with van der Waals surface area (Å²) in [6.07, 6.45) is -4.16. The number of halogens is 4. The maximum Gasteiger partial charge on any atom is 0.408 e. The van der Waals surface area contributed by atoms with Crippen LogP contribution >= 0.6 is 24.0 Å². The van der Waals surface area contributed by atoms with E-state index in [9.17, 15) is 18.0 Å². The van der Waals surface area contributed by atoms with Crippen molar-refractivity contribution in [3.63, 3.8) is 0 Å². The molecule has 0 saturated carbocycles. The summed E-state index contributed by atoms with van der Waals surface area (Å²) in [5.41, 5.74) is -1.17. The van der Waals surface area contributed by atoms with Crippen molar-refractivity contribution in [2.45, 2.75) is 58.4 Å². The van der Waals surface area contributed by atoms with Gasteiger partial charge in [-0.25, -0.2) is 4.79 Å². The van der Waals surface area contributed by atoms with Crippen LogP contribution < -0.4 is 16.0 Å². The molecular weight excluding hydrogens is 490 g/mol. The molecule has 3 N–H and O–H groups in total. The van der Waals surface area contributed by atoms with Gasteiger partial charge in [-0.15, -0.1) is 24.0 Å². The van der Waals surface area contributed by atoms with Crippen LogP contribution in [0, 0.1) is 0 Å². The van der Waals surface area contributed by atoms with Crippen LogP contribution in [-0.2, 0) is 4.74 Å². The number of guanidine groups is 1. The Hall–Kier alpha value is -0.980. The zero-order valence-electron chi connectivity index (χ0n) is 17.8. The third-order valence-electron chi connectivity index (χ3n) is 3.22. The molecule has 0 aromatic carbocycles. The number of nitrogens with zero attached hydrogens (tertiary/aromatic N) is 2. The third-order valence-corrected chi connectivity index (χ3v) is 3.22. The standard InChI is InChI=1S/C17H34F3N5O2.HI/c1-15(2,3)27-14(26)24-16(4,5)11-23-13(21-6)22-9-8-10-25(7)12-17(18,19)20;/h8-12H2,1-7H3,(H,24,26)(H2,21,22,23);1H. The van der Waals surface area contributed by atoms with Gasteiger partial charge in [-0.2, -0.15) is 13.2 Å². The van der Waals surface area contributed by atoms with E-state index in [0.717, 1.165) is 0 Å². The van der Waals surface area contributed by atoms with Crippen LogP contribution in [0.3, 0.4) is 0 Å². The number of alkyl halides is 3. The normalized spacial score (nSPS) is 13.0. The molecule has 168 valence electrons. The number of nitrogens with one attached hydrogen (secondary N) is 3. The Morgan fingerprint density at radius 3 is 2.14 bits per heavy atom. The first-order valence-corrected chi connectivity index (χ1v) is 8.84. The topological polar surface area (TPSA) is 78.0 Å². The molecule has 7 nitrogen and oxygen atoms in total. The number of amides is 1. The number of rotatable bonds is 8. The molecule has 0 unspecified atom stereocenters. The molecule has 0 aromatic heterocycles. The maximum absolute atomic E-state index is 12.3. The minimum absolute atomic E-state index is 0. The van der Waals surface area contributed by atoms with Gasteiger partial charge >= 0.3 is 12.3 Å². The van der Waals surface area contributed by atoms with Gasteiger partial charge in [0.25, 0.3) is 0 Å². The van der Waals surface area contributed by atoms with E-state index < -0.39 is 30.0 Å². The number of alkyl carbamates (subject to hydrolysis) is 1. The Balaban J connectivity index is 0. The molecule has 0 fully saturated rings. The van der Waals surface area contributed by atoms with Gasteiger partial charge in [-0.1, -0.05) is 0 Å². The summed E-state index contributed by atoms with van der Waals surface area (Å²) >= 11 is 0. The van der Waals surface area contributed by atoms with Crippen molar-refractivity contribution < 1.29 is 22.7 Å². The largest absolute Gasteiger partial charge is 0.444 e. The van der Waals surface area contributed by atoms with Gasteiger partial charge in [-0.05, 0) is 54.6 Å². The molecule has 0 bridgehead atoms. The van der Waals surface area contributed by atoms with Crippen LogP contribution in [0.5, 0.6) is 0 Å². The van der Waals surface area contributed by atoms with Gasteiger partial charge in [0.15, 0.2) is 5.96 Å². The average Bonchev–Trinajstić information content (AvgIpc) is 2.41. The molecule has 28 heavy (non-hydrogen) atoms. The fourth-order valence-corrected chi connectivity index (χ4v) is 2.09. The van der Waals surface area contributed by atoms with Gasteiger partial charge in [0.2, 0.25) is 0 Å². The van der Waals surface area contributed by atoms with E-state index in [-0.39, 0.29) is 24.0 Å². The van der Waals surface area contributed by atoms with Gasteiger partial charge in [0.05, 0.1) is 12.1 Å². The zero-order valence-corrected chi connectivity index (χ0v) is 20.1. The molecule has 0 aliphatic rings. The van der Waals surface area contributed by atoms with Gasteiger partial charge in [0.1, 0.15) is 5.60 Å². The number of hydrogen-bond acceptors (Lipinski definition) is 4. The highest BCUT2D eigenvalue weighted by Gasteiger charge is 2.28. The van der Waals surface area contributed by atoms with Crippen LogP contribution in [0.25, 0.3) is 0 Å². The van der Waals surface area contributed by atoms with Crippen molar-refractivity contribution in [2.24, 2.45) is 4.99 Å². The van der Waals surface area contributed by atoms with Crippen LogP contribution in [0.2, 0.25) is 0 Å². The lowest BCUT2D eigenvalue weighted by Gasteiger charge is -2.29. The Labute approximate surface area is 183 Å². The minimum atomic E-state index is -4.19. The Kier molecular flexibility index (Phi) is 13.1. The first-order valence-electron chi connectivity index (χ1n) is 8.84. The van der Waals surface area contributed by atoms with Crippen LogP contribution in [0.15, 0.2) is 4.99 Å². The molecule has 0 aromatic rings. The predicted octanol–water partition coefficient (Wildman–Crippen LogP) is 2.96. The molecule has 0 radical (unpaired) electrons. The van der Waals surface area contributed by atoms with Crippen molar-refractivity contribution in [3.8, 4) is 0 Å². The summed E-state index contributed by atoms with van der Waals surface area (Å²) in [5.74, 6) is 0.507. The van der Waals surface area contributed by atoms with E-state index in [1.807, 2.05) is 13.8 Å². The summed E-state index contributed by atoms with van der Waals surface area (Å²) in [6, 6.07) is 0. The number of aliphatic imine (C=N–C) groups is 1. The molecule has 0 heterocycles. The third kappa shape index (κ3) is 17.1. The first-order chi connectivity index (χ1) is 12.1. The van der Waals surface area contributed by atoms with Gasteiger partial charge in [-0.3, -0.25) is 9.89 Å². The Bertz CT molecular complexity index is 494. The van der Waals surface area contributed by atoms with Crippen molar-refractivity contribution in [2.75, 3.05) is 40.3 Å². The predicted molar refractivity (Wildman–Crippen MR) is 116 cm³/mol. The number of carbonyl (C=O) groups excluding carboxylic acids is 1. The quantitative estimate of drug-likeness (QED) is 0.197. The number of ether oxygens (including phenoxy) is 1. The number of hydrogen-bond donors (Lipinski definition) is 3. The molecule has 0 aliphatic carbocycles. The molecule has 0 atom stereocenters. The number of carbonyl (C=O) groups is 1. The van der Waals surface area contributed by atoms with Gasteiger partial charge < -0.3 is 20.7 Å². The van der Waals surface area contributed by atoms with E-state index in [0.29, 0.717) is 32.0 Å². The zero-order chi connectivity index (χ0) is 21.3. The lowest BCUT2D eigenvalue weighted by atomic mass is 10.1. The molecule has 0 rings (SSSR count). The lowest BCUT2D eigenvalue weighted by Crippen LogP contribution is -2.54. The van der Waals surface area contributed by atoms with Gasteiger partial charge in [0, 0.05) is 20.1 Å². The van der Waals surface area contributed by atoms with Crippen LogP contribution in [-0.4, -0.2) is 74.5 Å². The highest BCUT2D eigenvalue weighted by atomic mass is 127. The molecular formula is C17H35F3IN5O2. The van der Waals surface area contributed by atoms with Crippen molar-refractivity contribution in [1.29, 1.82) is 0 Å². The molecule has 0 aliphatic heterocycles. The van der Waals surface area contributed by atoms with E-state index >= 15 is 0 Å². The van der Waals surface area contributed by atoms with E-state index in [4.69, 9.17) is 4.74 Å². The van der Waals surface area contributed by atoms with Crippen molar-refractivity contribution in [1.82, 2.24) is 20.9 Å². The Morgan fingerprint density at radius 1 is 1.11 bits per heavy atom. The summed E-state index contributed by atoms with van der Waals surface area (Å²) in [5, 5.41) is 8.89. The molecule has 1 amide bonds. The second kappa shape index (κ2) is 12.6. The first kappa shape index (κ1) is 29.2. The smallest absolute Gasteiger partial charge is 0.408 e. The highest BCUT2D eigenvalue weighted by Crippen LogP contribution is 2.15. The second-order valence-electron chi connectivity index (χ2n) is 8.07. The molecule has 11 heteroatoms. The minimum Gasteiger partial charge on any atom is -0.444 e. The average molecular weight is 525 g/mol. The Morgan fingerprint density at radius 2 is 1.68 bits per heavy atom. The van der Waals surface area contributed by atoms with E-state index in [1.54, 1.807) is 27.8 Å². The monoisotopic (exact) mass is 525 g/mol. The van der Waals surface area contributed by atoms with Crippen molar-refractivity contribution >= 4 is 36.0 Å². The summed E-state index contributed by atoms with van der Waals surface area (Å²) < 4.78 is 42.0. The summed E-state index contributed by atoms with van der Waals surface area (Å²) in [4.78, 5) is 17.2. The van der Waals surface area contributed by atoms with Crippen molar-refractivity contribution in [3.05, 3.63) is 0 Å². The van der Waals surface area contributed by atoms with E-state index in [1.165, 1.54) is 11.9 Å². The second-order valence-corrected chi connectivity index (χ2v) is 8.07. The SMILES string of the molecule is CN=C(NCCCN(C)CC(F)(F)F)NCC(C)(C)NC(=O)OC(C)(C)C.I. The lowest BCUT2D eigenvalue weighted by molar-refractivity contribution is -0.143. The maximum atomic E-state index is 12.3. The van der Waals surface area contributed by atoms with Crippen LogP contribution in [0.4, 0.5) is 18.0 Å². The van der Waals surface area contributed by atoms with E-state index in [2.05, 4.69) is 20.9 Å². The molecule has 0 saturated heterocycles. The molecule has 0 spiro atoms. The highest BCUT2D eigenvalue weighted by molar-refractivity contribution is 14.0. The fraction of sp³-hybridized carbons (Fsp3) is 0.882. The summed E-state index contributed by atoms with van der Waals surface area (Å²) in [7, 11) is 3.03. The summed E-state index contributed by atoms with van der Waals surface area (Å²) in [6.45, 7) is 9.29. The van der Waals surface area contributed by atoms with Crippen LogP contribution in [0.1, 0.15) is 41.0 Å².